The van der Waals surface area contributed by atoms with Gasteiger partial charge in [-0.25, -0.2) is 9.97 Å². The van der Waals surface area contributed by atoms with E-state index in [9.17, 15) is 0 Å². The Morgan fingerprint density at radius 1 is 1.17 bits per heavy atom. The molecule has 5 heteroatoms. The molecule has 0 saturated heterocycles. The van der Waals surface area contributed by atoms with Crippen molar-refractivity contribution in [2.75, 3.05) is 0 Å². The average molecular weight is 256 g/mol. The monoisotopic (exact) mass is 256 g/mol. The van der Waals surface area contributed by atoms with Gasteiger partial charge >= 0.3 is 0 Å². The topological polar surface area (TPSA) is 54.5 Å². The predicted octanol–water partition coefficient (Wildman–Crippen LogP) is 2.96. The molecule has 3 aromatic rings. The highest BCUT2D eigenvalue weighted by molar-refractivity contribution is 7.18. The number of nitrogens with one attached hydrogen (secondary N) is 1. The van der Waals surface area contributed by atoms with Crippen molar-refractivity contribution in [3.05, 3.63) is 29.0 Å². The molecular formula is C13H12N4S. The number of hydrogen-bond donors (Lipinski definition) is 1. The Morgan fingerprint density at radius 2 is 2.11 bits per heavy atom. The maximum Gasteiger partial charge on any atom is 0.163 e. The minimum atomic E-state index is 0.759. The van der Waals surface area contributed by atoms with E-state index in [1.54, 1.807) is 6.20 Å². The van der Waals surface area contributed by atoms with Crippen LogP contribution >= 0.6 is 11.3 Å². The molecule has 0 unspecified atom stereocenters. The second-order valence-corrected chi connectivity index (χ2v) is 5.69. The molecule has 3 heterocycles. The van der Waals surface area contributed by atoms with Gasteiger partial charge in [0.05, 0.1) is 11.8 Å². The molecule has 0 aromatic carbocycles. The van der Waals surface area contributed by atoms with Crippen LogP contribution in [0.15, 0.2) is 18.6 Å². The van der Waals surface area contributed by atoms with Crippen LogP contribution in [0, 0.1) is 0 Å². The number of hydrogen-bond acceptors (Lipinski definition) is 4. The Bertz CT molecular complexity index is 699. The zero-order chi connectivity index (χ0) is 11.9. The Hall–Kier alpha value is -1.75. The summed E-state index contributed by atoms with van der Waals surface area (Å²) < 4.78 is 0. The van der Waals surface area contributed by atoms with Crippen molar-refractivity contribution in [2.24, 2.45) is 0 Å². The molecule has 0 atom stereocenters. The number of aromatic amines is 1. The van der Waals surface area contributed by atoms with Gasteiger partial charge in [0, 0.05) is 22.7 Å². The molecular weight excluding hydrogens is 244 g/mol. The van der Waals surface area contributed by atoms with Crippen LogP contribution in [-0.4, -0.2) is 20.2 Å². The Kier molecular flexibility index (Phi) is 2.20. The summed E-state index contributed by atoms with van der Waals surface area (Å²) in [6.45, 7) is 0. The molecule has 1 aliphatic rings. The second kappa shape index (κ2) is 3.88. The minimum absolute atomic E-state index is 0.759. The lowest BCUT2D eigenvalue weighted by molar-refractivity contribution is 0.700. The van der Waals surface area contributed by atoms with E-state index in [1.165, 1.54) is 41.5 Å². The predicted molar refractivity (Wildman–Crippen MR) is 71.6 cm³/mol. The summed E-state index contributed by atoms with van der Waals surface area (Å²) in [5, 5.41) is 7.99. The van der Waals surface area contributed by atoms with Crippen LogP contribution in [0.5, 0.6) is 0 Å². The number of aromatic nitrogens is 4. The minimum Gasteiger partial charge on any atom is -0.285 e. The summed E-state index contributed by atoms with van der Waals surface area (Å²) in [5.74, 6) is 0.759. The van der Waals surface area contributed by atoms with Crippen molar-refractivity contribution >= 4 is 21.6 Å². The maximum atomic E-state index is 4.67. The number of fused-ring (bicyclic) bond motifs is 3. The third-order valence-electron chi connectivity index (χ3n) is 3.47. The number of rotatable bonds is 1. The quantitative estimate of drug-likeness (QED) is 0.728. The first kappa shape index (κ1) is 10.2. The summed E-state index contributed by atoms with van der Waals surface area (Å²) in [5.41, 5.74) is 2.43. The summed E-state index contributed by atoms with van der Waals surface area (Å²) in [6.07, 6.45) is 10.6. The van der Waals surface area contributed by atoms with Crippen LogP contribution in [0.3, 0.4) is 0 Å². The van der Waals surface area contributed by atoms with Gasteiger partial charge in [-0.15, -0.1) is 11.3 Å². The van der Waals surface area contributed by atoms with E-state index in [-0.39, 0.29) is 0 Å². The molecule has 0 fully saturated rings. The first-order valence-corrected chi connectivity index (χ1v) is 7.00. The van der Waals surface area contributed by atoms with Gasteiger partial charge in [-0.2, -0.15) is 5.10 Å². The highest BCUT2D eigenvalue weighted by Crippen LogP contribution is 2.35. The third kappa shape index (κ3) is 1.47. The number of nitrogens with zero attached hydrogens (tertiary/aromatic N) is 3. The first-order valence-electron chi connectivity index (χ1n) is 6.18. The molecule has 0 aliphatic heterocycles. The summed E-state index contributed by atoms with van der Waals surface area (Å²) in [6, 6.07) is 0. The Balaban J connectivity index is 1.91. The van der Waals surface area contributed by atoms with Crippen LogP contribution in [0.4, 0.5) is 0 Å². The summed E-state index contributed by atoms with van der Waals surface area (Å²) >= 11 is 1.83. The molecule has 0 amide bonds. The fraction of sp³-hybridized carbons (Fsp3) is 0.308. The van der Waals surface area contributed by atoms with Crippen LogP contribution < -0.4 is 0 Å². The van der Waals surface area contributed by atoms with Gasteiger partial charge in [-0.1, -0.05) is 0 Å². The van der Waals surface area contributed by atoms with Gasteiger partial charge in [0.25, 0.3) is 0 Å². The molecule has 1 N–H and O–H groups in total. The van der Waals surface area contributed by atoms with Crippen LogP contribution in [-0.2, 0) is 12.8 Å². The molecule has 0 spiro atoms. The summed E-state index contributed by atoms with van der Waals surface area (Å²) in [7, 11) is 0. The summed E-state index contributed by atoms with van der Waals surface area (Å²) in [4.78, 5) is 11.8. The molecule has 4 nitrogen and oxygen atoms in total. The van der Waals surface area contributed by atoms with E-state index in [0.29, 0.717) is 0 Å². The molecule has 1 aliphatic carbocycles. The lowest BCUT2D eigenvalue weighted by Crippen LogP contribution is -1.98. The Morgan fingerprint density at radius 3 is 3.00 bits per heavy atom. The van der Waals surface area contributed by atoms with Crippen molar-refractivity contribution in [2.45, 2.75) is 25.7 Å². The van der Waals surface area contributed by atoms with Gasteiger partial charge in [0.15, 0.2) is 5.82 Å². The number of thiophene rings is 1. The van der Waals surface area contributed by atoms with Gasteiger partial charge < -0.3 is 0 Å². The van der Waals surface area contributed by atoms with E-state index < -0.39 is 0 Å². The average Bonchev–Trinajstić information content (AvgIpc) is 3.05. The second-order valence-electron chi connectivity index (χ2n) is 4.61. The van der Waals surface area contributed by atoms with Crippen LogP contribution in [0.2, 0.25) is 0 Å². The fourth-order valence-electron chi connectivity index (χ4n) is 2.56. The van der Waals surface area contributed by atoms with E-state index >= 15 is 0 Å². The first-order chi connectivity index (χ1) is 8.92. The molecule has 3 aromatic heterocycles. The van der Waals surface area contributed by atoms with Crippen LogP contribution in [0.25, 0.3) is 21.6 Å². The van der Waals surface area contributed by atoms with Gasteiger partial charge in [0.1, 0.15) is 4.83 Å². The lowest BCUT2D eigenvalue weighted by atomic mass is 9.97. The highest BCUT2D eigenvalue weighted by Gasteiger charge is 2.17. The highest BCUT2D eigenvalue weighted by atomic mass is 32.1. The van der Waals surface area contributed by atoms with E-state index in [0.717, 1.165) is 16.2 Å². The maximum absolute atomic E-state index is 4.67. The molecule has 0 bridgehead atoms. The standard InChI is InChI=1S/C13H12N4S/c1-2-4-11-9(3-1)10-7-14-12(17-13(10)18-11)8-5-15-16-6-8/h5-7H,1-4H2,(H,15,16). The van der Waals surface area contributed by atoms with E-state index in [2.05, 4.69) is 20.2 Å². The third-order valence-corrected chi connectivity index (χ3v) is 4.67. The van der Waals surface area contributed by atoms with Crippen molar-refractivity contribution in [1.82, 2.24) is 20.2 Å². The van der Waals surface area contributed by atoms with E-state index in [4.69, 9.17) is 0 Å². The van der Waals surface area contributed by atoms with Crippen molar-refractivity contribution in [3.63, 3.8) is 0 Å². The molecule has 4 rings (SSSR count). The fourth-order valence-corrected chi connectivity index (χ4v) is 3.79. The number of H-pyrrole nitrogens is 1. The van der Waals surface area contributed by atoms with Crippen LogP contribution in [0.1, 0.15) is 23.3 Å². The van der Waals surface area contributed by atoms with Crippen molar-refractivity contribution < 1.29 is 0 Å². The van der Waals surface area contributed by atoms with Gasteiger partial charge in [-0.05, 0) is 31.2 Å². The number of aryl methyl sites for hydroxylation is 2. The zero-order valence-corrected chi connectivity index (χ0v) is 10.6. The van der Waals surface area contributed by atoms with Crippen molar-refractivity contribution in [1.29, 1.82) is 0 Å². The normalized spacial score (nSPS) is 14.9. The smallest absolute Gasteiger partial charge is 0.163 e. The SMILES string of the molecule is c1n[nH]cc1-c1ncc2c3c(sc2n1)CCCC3. The van der Waals surface area contributed by atoms with E-state index in [1.807, 2.05) is 23.7 Å². The zero-order valence-electron chi connectivity index (χ0n) is 9.81. The molecule has 90 valence electrons. The Labute approximate surface area is 108 Å². The lowest BCUT2D eigenvalue weighted by Gasteiger charge is -2.09. The van der Waals surface area contributed by atoms with Gasteiger partial charge in [-0.3, -0.25) is 5.10 Å². The molecule has 0 radical (unpaired) electrons. The van der Waals surface area contributed by atoms with Gasteiger partial charge in [0.2, 0.25) is 0 Å². The molecule has 0 saturated carbocycles. The molecule has 18 heavy (non-hydrogen) atoms. The van der Waals surface area contributed by atoms with Crippen molar-refractivity contribution in [3.8, 4) is 11.4 Å². The largest absolute Gasteiger partial charge is 0.285 e.